The Morgan fingerprint density at radius 2 is 1.81 bits per heavy atom. The lowest BCUT2D eigenvalue weighted by atomic mass is 10.0. The summed E-state index contributed by atoms with van der Waals surface area (Å²) >= 11 is 0. The molecule has 1 fully saturated rings. The second-order valence-electron chi connectivity index (χ2n) is 6.53. The number of hydroxylamine groups is 2. The van der Waals surface area contributed by atoms with Gasteiger partial charge in [0.25, 0.3) is 5.91 Å². The van der Waals surface area contributed by atoms with Crippen molar-refractivity contribution in [3.05, 3.63) is 65.7 Å². The number of hydrogen-bond acceptors (Lipinski definition) is 4. The van der Waals surface area contributed by atoms with Gasteiger partial charge in [0, 0.05) is 12.5 Å². The van der Waals surface area contributed by atoms with Gasteiger partial charge in [0.15, 0.2) is 0 Å². The highest BCUT2D eigenvalue weighted by molar-refractivity contribution is 5.83. The number of ether oxygens (including phenoxy) is 1. The Bertz CT molecular complexity index is 703. The maximum atomic E-state index is 12.7. The highest BCUT2D eigenvalue weighted by Gasteiger charge is 2.39. The lowest BCUT2D eigenvalue weighted by Gasteiger charge is -2.17. The number of carbonyl (C=O) groups excluding carboxylic acids is 1. The van der Waals surface area contributed by atoms with Crippen molar-refractivity contribution in [3.8, 4) is 5.75 Å². The number of nitrogens with one attached hydrogen (secondary N) is 1. The number of rotatable bonds is 8. The molecule has 0 aromatic heterocycles. The van der Waals surface area contributed by atoms with Crippen molar-refractivity contribution in [3.63, 3.8) is 0 Å². The van der Waals surface area contributed by atoms with Crippen LogP contribution in [0.15, 0.2) is 54.6 Å². The topological polar surface area (TPSA) is 50.8 Å². The summed E-state index contributed by atoms with van der Waals surface area (Å²) in [5.41, 5.74) is 2.18. The molecule has 1 saturated heterocycles. The molecule has 1 aliphatic heterocycles. The first-order valence-electron chi connectivity index (χ1n) is 9.05. The molecule has 2 aromatic carbocycles. The normalized spacial score (nSPS) is 19.8. The minimum absolute atomic E-state index is 0.0151. The molecule has 1 N–H and O–H groups in total. The van der Waals surface area contributed by atoms with Crippen LogP contribution < -0.4 is 10.1 Å². The Morgan fingerprint density at radius 3 is 2.46 bits per heavy atom. The molecule has 2 aromatic rings. The lowest BCUT2D eigenvalue weighted by Crippen LogP contribution is -2.40. The van der Waals surface area contributed by atoms with E-state index < -0.39 is 0 Å². The van der Waals surface area contributed by atoms with Crippen LogP contribution >= 0.6 is 0 Å². The van der Waals surface area contributed by atoms with Gasteiger partial charge in [-0.2, -0.15) is 0 Å². The summed E-state index contributed by atoms with van der Waals surface area (Å²) in [5, 5.41) is 4.92. The van der Waals surface area contributed by atoms with Gasteiger partial charge in [-0.25, -0.2) is 5.06 Å². The molecule has 5 heteroatoms. The van der Waals surface area contributed by atoms with Gasteiger partial charge in [-0.05, 0) is 29.7 Å². The van der Waals surface area contributed by atoms with Crippen LogP contribution in [0.1, 0.15) is 24.5 Å². The van der Waals surface area contributed by atoms with Crippen molar-refractivity contribution in [2.45, 2.75) is 32.5 Å². The lowest BCUT2D eigenvalue weighted by molar-refractivity contribution is -0.183. The molecule has 0 bridgehead atoms. The zero-order chi connectivity index (χ0) is 18.4. The van der Waals surface area contributed by atoms with Crippen LogP contribution in [0.4, 0.5) is 0 Å². The monoisotopic (exact) mass is 354 g/mol. The van der Waals surface area contributed by atoms with Crippen molar-refractivity contribution in [1.29, 1.82) is 0 Å². The predicted molar refractivity (Wildman–Crippen MR) is 100 cm³/mol. The second kappa shape index (κ2) is 8.83. The molecule has 138 valence electrons. The Labute approximate surface area is 154 Å². The first kappa shape index (κ1) is 18.4. The number of methoxy groups -OCH3 is 1. The number of carbonyl (C=O) groups is 1. The van der Waals surface area contributed by atoms with E-state index in [1.54, 1.807) is 7.11 Å². The standard InChI is InChI=1S/C21H26N2O3/c1-3-18-14-23(26-15-17-7-5-4-6-8-17)21(24)20(18)22-13-16-9-11-19(25-2)12-10-16/h4-12,18,20,22H,3,13-15H2,1-2H3/t18-,20-/m1/s1. The highest BCUT2D eigenvalue weighted by Crippen LogP contribution is 2.23. The zero-order valence-corrected chi connectivity index (χ0v) is 15.4. The van der Waals surface area contributed by atoms with Crippen molar-refractivity contribution >= 4 is 5.91 Å². The van der Waals surface area contributed by atoms with E-state index in [1.165, 1.54) is 5.06 Å². The molecular formula is C21H26N2O3. The van der Waals surface area contributed by atoms with E-state index >= 15 is 0 Å². The minimum Gasteiger partial charge on any atom is -0.497 e. The number of nitrogens with zero attached hydrogens (tertiary/aromatic N) is 1. The van der Waals surface area contributed by atoms with Crippen molar-refractivity contribution in [1.82, 2.24) is 10.4 Å². The van der Waals surface area contributed by atoms with Crippen molar-refractivity contribution in [2.24, 2.45) is 5.92 Å². The summed E-state index contributed by atoms with van der Waals surface area (Å²) in [4.78, 5) is 18.5. The van der Waals surface area contributed by atoms with Gasteiger partial charge < -0.3 is 10.1 Å². The van der Waals surface area contributed by atoms with Gasteiger partial charge in [-0.1, -0.05) is 49.4 Å². The Morgan fingerprint density at radius 1 is 1.08 bits per heavy atom. The largest absolute Gasteiger partial charge is 0.497 e. The van der Waals surface area contributed by atoms with E-state index in [2.05, 4.69) is 12.2 Å². The van der Waals surface area contributed by atoms with E-state index in [1.807, 2.05) is 54.6 Å². The molecule has 0 saturated carbocycles. The van der Waals surface area contributed by atoms with Crippen LogP contribution in [0.25, 0.3) is 0 Å². The molecule has 0 unspecified atom stereocenters. The van der Waals surface area contributed by atoms with Crippen LogP contribution in [-0.2, 0) is 22.8 Å². The quantitative estimate of drug-likeness (QED) is 0.791. The summed E-state index contributed by atoms with van der Waals surface area (Å²) in [6, 6.07) is 17.6. The number of benzene rings is 2. The van der Waals surface area contributed by atoms with Crippen LogP contribution in [0.3, 0.4) is 0 Å². The van der Waals surface area contributed by atoms with Gasteiger partial charge in [0.05, 0.1) is 19.7 Å². The molecule has 1 aliphatic rings. The third kappa shape index (κ3) is 4.42. The molecule has 26 heavy (non-hydrogen) atoms. The summed E-state index contributed by atoms with van der Waals surface area (Å²) in [5.74, 6) is 1.09. The second-order valence-corrected chi connectivity index (χ2v) is 6.53. The smallest absolute Gasteiger partial charge is 0.263 e. The van der Waals surface area contributed by atoms with E-state index in [0.29, 0.717) is 19.7 Å². The summed E-state index contributed by atoms with van der Waals surface area (Å²) in [6.07, 6.45) is 0.928. The third-order valence-electron chi connectivity index (χ3n) is 4.82. The zero-order valence-electron chi connectivity index (χ0n) is 15.4. The van der Waals surface area contributed by atoms with Gasteiger partial charge >= 0.3 is 0 Å². The number of amides is 1. The molecular weight excluding hydrogens is 328 g/mol. The van der Waals surface area contributed by atoms with E-state index in [-0.39, 0.29) is 17.9 Å². The van der Waals surface area contributed by atoms with Crippen LogP contribution in [0, 0.1) is 5.92 Å². The molecule has 1 heterocycles. The molecule has 0 radical (unpaired) electrons. The van der Waals surface area contributed by atoms with Gasteiger partial charge in [0.1, 0.15) is 12.4 Å². The fourth-order valence-corrected chi connectivity index (χ4v) is 3.20. The predicted octanol–water partition coefficient (Wildman–Crippen LogP) is 3.15. The molecule has 1 amide bonds. The minimum atomic E-state index is -0.210. The van der Waals surface area contributed by atoms with E-state index in [4.69, 9.17) is 9.57 Å². The average molecular weight is 354 g/mol. The fourth-order valence-electron chi connectivity index (χ4n) is 3.20. The van der Waals surface area contributed by atoms with Gasteiger partial charge in [-0.3, -0.25) is 9.63 Å². The Balaban J connectivity index is 1.56. The average Bonchev–Trinajstić information content (AvgIpc) is 3.01. The highest BCUT2D eigenvalue weighted by atomic mass is 16.7. The molecule has 5 nitrogen and oxygen atoms in total. The summed E-state index contributed by atoms with van der Waals surface area (Å²) in [6.45, 7) is 3.79. The molecule has 2 atom stereocenters. The molecule has 0 aliphatic carbocycles. The van der Waals surface area contributed by atoms with Crippen molar-refractivity contribution < 1.29 is 14.4 Å². The third-order valence-corrected chi connectivity index (χ3v) is 4.82. The first-order valence-corrected chi connectivity index (χ1v) is 9.05. The SMILES string of the molecule is CC[C@@H]1CN(OCc2ccccc2)C(=O)[C@@H]1NCc1ccc(OC)cc1. The van der Waals surface area contributed by atoms with Gasteiger partial charge in [0.2, 0.25) is 0 Å². The Kier molecular flexibility index (Phi) is 6.26. The van der Waals surface area contributed by atoms with E-state index in [9.17, 15) is 4.79 Å². The molecule has 0 spiro atoms. The number of hydrogen-bond donors (Lipinski definition) is 1. The van der Waals surface area contributed by atoms with Crippen molar-refractivity contribution in [2.75, 3.05) is 13.7 Å². The molecule has 3 rings (SSSR count). The van der Waals surface area contributed by atoms with Gasteiger partial charge in [-0.15, -0.1) is 0 Å². The Hall–Kier alpha value is -2.37. The first-order chi connectivity index (χ1) is 12.7. The maximum Gasteiger partial charge on any atom is 0.263 e. The summed E-state index contributed by atoms with van der Waals surface area (Å²) in [7, 11) is 1.65. The van der Waals surface area contributed by atoms with Crippen LogP contribution in [0.2, 0.25) is 0 Å². The van der Waals surface area contributed by atoms with Crippen LogP contribution in [0.5, 0.6) is 5.75 Å². The maximum absolute atomic E-state index is 12.7. The van der Waals surface area contributed by atoms with E-state index in [0.717, 1.165) is 23.3 Å². The fraction of sp³-hybridized carbons (Fsp3) is 0.381. The van der Waals surface area contributed by atoms with Crippen LogP contribution in [-0.4, -0.2) is 30.7 Å². The summed E-state index contributed by atoms with van der Waals surface area (Å²) < 4.78 is 5.18.